The summed E-state index contributed by atoms with van der Waals surface area (Å²) in [4.78, 5) is 11.4. The third-order valence-electron chi connectivity index (χ3n) is 2.36. The van der Waals surface area contributed by atoms with Gasteiger partial charge >= 0.3 is 0 Å². The molecule has 0 fully saturated rings. The van der Waals surface area contributed by atoms with Gasteiger partial charge in [-0.15, -0.1) is 0 Å². The van der Waals surface area contributed by atoms with Crippen LogP contribution in [-0.2, 0) is 6.54 Å². The van der Waals surface area contributed by atoms with Gasteiger partial charge in [-0.05, 0) is 18.2 Å². The molecule has 5 heteroatoms. The number of halogens is 1. The summed E-state index contributed by atoms with van der Waals surface area (Å²) in [7, 11) is 0. The Labute approximate surface area is 97.5 Å². The predicted molar refractivity (Wildman–Crippen MR) is 62.9 cm³/mol. The normalized spacial score (nSPS) is 10.5. The van der Waals surface area contributed by atoms with E-state index in [0.717, 1.165) is 0 Å². The Hall–Kier alpha value is -2.01. The van der Waals surface area contributed by atoms with Gasteiger partial charge in [-0.2, -0.15) is 5.10 Å². The standard InChI is InChI=1S/C12H12FN3O/c13-10-4-2-1-3-9(10)11-5-6-12(17)16(15-11)8-7-14/h1-6H,7-8,14H2. The SMILES string of the molecule is NCCn1nc(-c2ccccc2F)ccc1=O. The predicted octanol–water partition coefficient (Wildman–Crippen LogP) is 1.01. The van der Waals surface area contributed by atoms with E-state index in [-0.39, 0.29) is 11.4 Å². The third kappa shape index (κ3) is 2.39. The number of nitrogens with zero attached hydrogens (tertiary/aromatic N) is 2. The maximum atomic E-state index is 13.5. The Morgan fingerprint density at radius 2 is 2.00 bits per heavy atom. The molecule has 0 aliphatic rings. The van der Waals surface area contributed by atoms with E-state index in [1.165, 1.54) is 22.9 Å². The van der Waals surface area contributed by atoms with Crippen LogP contribution >= 0.6 is 0 Å². The molecule has 0 atom stereocenters. The molecular formula is C12H12FN3O. The van der Waals surface area contributed by atoms with Crippen LogP contribution in [0.4, 0.5) is 4.39 Å². The van der Waals surface area contributed by atoms with Crippen LogP contribution in [0.15, 0.2) is 41.2 Å². The molecule has 2 N–H and O–H groups in total. The summed E-state index contributed by atoms with van der Waals surface area (Å²) in [6, 6.07) is 9.18. The fourth-order valence-electron chi connectivity index (χ4n) is 1.54. The average Bonchev–Trinajstić information content (AvgIpc) is 2.33. The van der Waals surface area contributed by atoms with Crippen molar-refractivity contribution in [2.45, 2.75) is 6.54 Å². The van der Waals surface area contributed by atoms with E-state index in [4.69, 9.17) is 5.73 Å². The Kier molecular flexibility index (Phi) is 3.30. The van der Waals surface area contributed by atoms with Crippen molar-refractivity contribution in [2.75, 3.05) is 6.54 Å². The molecule has 0 aliphatic carbocycles. The lowest BCUT2D eigenvalue weighted by Crippen LogP contribution is -2.25. The van der Waals surface area contributed by atoms with Gasteiger partial charge in [0.15, 0.2) is 0 Å². The largest absolute Gasteiger partial charge is 0.329 e. The molecule has 0 amide bonds. The molecule has 17 heavy (non-hydrogen) atoms. The molecule has 1 aromatic heterocycles. The van der Waals surface area contributed by atoms with Crippen LogP contribution in [0.5, 0.6) is 0 Å². The third-order valence-corrected chi connectivity index (χ3v) is 2.36. The molecule has 0 aliphatic heterocycles. The van der Waals surface area contributed by atoms with Gasteiger partial charge in [0, 0.05) is 18.2 Å². The highest BCUT2D eigenvalue weighted by Gasteiger charge is 2.07. The molecule has 88 valence electrons. The molecule has 2 aromatic rings. The number of benzene rings is 1. The summed E-state index contributed by atoms with van der Waals surface area (Å²) in [6.45, 7) is 0.634. The highest BCUT2D eigenvalue weighted by Crippen LogP contribution is 2.18. The number of rotatable bonds is 3. The van der Waals surface area contributed by atoms with Crippen molar-refractivity contribution in [3.8, 4) is 11.3 Å². The minimum Gasteiger partial charge on any atom is -0.329 e. The number of nitrogens with two attached hydrogens (primary N) is 1. The van der Waals surface area contributed by atoms with E-state index in [2.05, 4.69) is 5.10 Å². The number of hydrogen-bond donors (Lipinski definition) is 1. The Morgan fingerprint density at radius 3 is 2.71 bits per heavy atom. The average molecular weight is 233 g/mol. The highest BCUT2D eigenvalue weighted by molar-refractivity contribution is 5.58. The first-order valence-corrected chi connectivity index (χ1v) is 5.25. The minimum absolute atomic E-state index is 0.240. The molecule has 0 bridgehead atoms. The topological polar surface area (TPSA) is 60.9 Å². The van der Waals surface area contributed by atoms with Crippen molar-refractivity contribution in [3.05, 3.63) is 52.6 Å². The minimum atomic E-state index is -0.363. The van der Waals surface area contributed by atoms with Crippen LogP contribution in [0.25, 0.3) is 11.3 Å². The van der Waals surface area contributed by atoms with Crippen molar-refractivity contribution in [2.24, 2.45) is 5.73 Å². The molecule has 0 saturated heterocycles. The van der Waals surface area contributed by atoms with Crippen molar-refractivity contribution >= 4 is 0 Å². The summed E-state index contributed by atoms with van der Waals surface area (Å²) in [5.74, 6) is -0.363. The summed E-state index contributed by atoms with van der Waals surface area (Å²) in [5, 5.41) is 4.08. The summed E-state index contributed by atoms with van der Waals surface area (Å²) in [5.41, 5.74) is 5.93. The molecule has 1 aromatic carbocycles. The second kappa shape index (κ2) is 4.88. The summed E-state index contributed by atoms with van der Waals surface area (Å²) in [6.07, 6.45) is 0. The molecule has 0 spiro atoms. The summed E-state index contributed by atoms with van der Waals surface area (Å²) < 4.78 is 14.8. The van der Waals surface area contributed by atoms with Crippen LogP contribution in [0.2, 0.25) is 0 Å². The van der Waals surface area contributed by atoms with E-state index in [1.54, 1.807) is 18.2 Å². The van der Waals surface area contributed by atoms with Crippen LogP contribution < -0.4 is 11.3 Å². The molecule has 4 nitrogen and oxygen atoms in total. The quantitative estimate of drug-likeness (QED) is 0.860. The molecule has 0 radical (unpaired) electrons. The van der Waals surface area contributed by atoms with E-state index >= 15 is 0 Å². The van der Waals surface area contributed by atoms with Crippen molar-refractivity contribution in [1.29, 1.82) is 0 Å². The lowest BCUT2D eigenvalue weighted by Gasteiger charge is -2.06. The van der Waals surface area contributed by atoms with Gasteiger partial charge in [-0.25, -0.2) is 9.07 Å². The van der Waals surface area contributed by atoms with E-state index in [1.807, 2.05) is 0 Å². The van der Waals surface area contributed by atoms with Crippen LogP contribution in [0.1, 0.15) is 0 Å². The molecule has 0 saturated carbocycles. The molecular weight excluding hydrogens is 221 g/mol. The van der Waals surface area contributed by atoms with Crippen LogP contribution in [0, 0.1) is 5.82 Å². The highest BCUT2D eigenvalue weighted by atomic mass is 19.1. The fourth-order valence-corrected chi connectivity index (χ4v) is 1.54. The van der Waals surface area contributed by atoms with Crippen molar-refractivity contribution in [1.82, 2.24) is 9.78 Å². The van der Waals surface area contributed by atoms with Gasteiger partial charge in [-0.3, -0.25) is 4.79 Å². The Bertz CT molecular complexity index is 580. The van der Waals surface area contributed by atoms with Crippen LogP contribution in [0.3, 0.4) is 0 Å². The van der Waals surface area contributed by atoms with E-state index < -0.39 is 0 Å². The van der Waals surface area contributed by atoms with E-state index in [9.17, 15) is 9.18 Å². The first-order chi connectivity index (χ1) is 8.22. The number of hydrogen-bond acceptors (Lipinski definition) is 3. The van der Waals surface area contributed by atoms with Crippen molar-refractivity contribution < 1.29 is 4.39 Å². The smallest absolute Gasteiger partial charge is 0.266 e. The first-order valence-electron chi connectivity index (χ1n) is 5.25. The lowest BCUT2D eigenvalue weighted by atomic mass is 10.1. The van der Waals surface area contributed by atoms with Gasteiger partial charge in [0.25, 0.3) is 5.56 Å². The molecule has 2 rings (SSSR count). The maximum absolute atomic E-state index is 13.5. The molecule has 0 unspecified atom stereocenters. The zero-order chi connectivity index (χ0) is 12.3. The van der Waals surface area contributed by atoms with Gasteiger partial charge in [0.1, 0.15) is 5.82 Å². The monoisotopic (exact) mass is 233 g/mol. The van der Waals surface area contributed by atoms with Gasteiger partial charge in [0.05, 0.1) is 12.2 Å². The zero-order valence-corrected chi connectivity index (χ0v) is 9.14. The lowest BCUT2D eigenvalue weighted by molar-refractivity contribution is 0.586. The second-order valence-corrected chi connectivity index (χ2v) is 3.55. The summed E-state index contributed by atoms with van der Waals surface area (Å²) >= 11 is 0. The van der Waals surface area contributed by atoms with Crippen molar-refractivity contribution in [3.63, 3.8) is 0 Å². The second-order valence-electron chi connectivity index (χ2n) is 3.55. The first kappa shape index (κ1) is 11.5. The Morgan fingerprint density at radius 1 is 1.24 bits per heavy atom. The van der Waals surface area contributed by atoms with E-state index in [0.29, 0.717) is 24.3 Å². The van der Waals surface area contributed by atoms with Gasteiger partial charge in [-0.1, -0.05) is 12.1 Å². The Balaban J connectivity index is 2.50. The zero-order valence-electron chi connectivity index (χ0n) is 9.14. The van der Waals surface area contributed by atoms with Gasteiger partial charge in [0.2, 0.25) is 0 Å². The fraction of sp³-hybridized carbons (Fsp3) is 0.167. The van der Waals surface area contributed by atoms with Gasteiger partial charge < -0.3 is 5.73 Å². The molecule has 1 heterocycles. The maximum Gasteiger partial charge on any atom is 0.266 e. The van der Waals surface area contributed by atoms with Crippen LogP contribution in [-0.4, -0.2) is 16.3 Å². The number of aromatic nitrogens is 2.